The second-order valence-electron chi connectivity index (χ2n) is 2.77. The van der Waals surface area contributed by atoms with Gasteiger partial charge in [-0.25, -0.2) is 13.6 Å². The highest BCUT2D eigenvalue weighted by molar-refractivity contribution is 7.89. The molecule has 7 heteroatoms. The van der Waals surface area contributed by atoms with E-state index in [1.807, 2.05) is 6.07 Å². The predicted molar refractivity (Wildman–Crippen MR) is 48.6 cm³/mol. The van der Waals surface area contributed by atoms with Crippen molar-refractivity contribution in [2.45, 2.75) is 24.8 Å². The third-order valence-corrected chi connectivity index (χ3v) is 2.81. The molecule has 14 heavy (non-hydrogen) atoms. The molecule has 76 valence electrons. The topological polar surface area (TPSA) is 102 Å². The van der Waals surface area contributed by atoms with Crippen LogP contribution in [0.3, 0.4) is 0 Å². The third-order valence-electron chi connectivity index (χ3n) is 1.80. The number of sulfonamides is 1. The highest BCUT2D eigenvalue weighted by Gasteiger charge is 2.15. The Kier molecular flexibility index (Phi) is 2.88. The molecular formula is C7H10N4O2S. The van der Waals surface area contributed by atoms with E-state index in [1.54, 1.807) is 6.92 Å². The Morgan fingerprint density at radius 3 is 2.79 bits per heavy atom. The minimum Gasteiger partial charge on any atom is -0.267 e. The van der Waals surface area contributed by atoms with Crippen molar-refractivity contribution in [3.05, 3.63) is 11.9 Å². The van der Waals surface area contributed by atoms with Gasteiger partial charge in [0, 0.05) is 0 Å². The van der Waals surface area contributed by atoms with Crippen LogP contribution in [0.25, 0.3) is 0 Å². The molecule has 0 atom stereocenters. The van der Waals surface area contributed by atoms with Crippen LogP contribution in [-0.2, 0) is 16.6 Å². The van der Waals surface area contributed by atoms with Crippen molar-refractivity contribution in [2.24, 2.45) is 5.14 Å². The second-order valence-corrected chi connectivity index (χ2v) is 4.30. The van der Waals surface area contributed by atoms with Gasteiger partial charge in [0.25, 0.3) is 0 Å². The van der Waals surface area contributed by atoms with Gasteiger partial charge in [0.15, 0.2) is 0 Å². The fourth-order valence-corrected chi connectivity index (χ4v) is 1.80. The van der Waals surface area contributed by atoms with Crippen LogP contribution in [0.4, 0.5) is 0 Å². The lowest BCUT2D eigenvalue weighted by Gasteiger charge is -2.00. The molecule has 0 saturated carbocycles. The Labute approximate surface area is 82.0 Å². The van der Waals surface area contributed by atoms with Crippen molar-refractivity contribution in [1.29, 1.82) is 5.26 Å². The first kappa shape index (κ1) is 10.7. The summed E-state index contributed by atoms with van der Waals surface area (Å²) in [5, 5.41) is 17.1. The van der Waals surface area contributed by atoms with E-state index in [0.29, 0.717) is 12.2 Å². The summed E-state index contributed by atoms with van der Waals surface area (Å²) in [5.74, 6) is 0. The van der Waals surface area contributed by atoms with Gasteiger partial charge in [-0.3, -0.25) is 4.68 Å². The van der Waals surface area contributed by atoms with E-state index in [-0.39, 0.29) is 11.3 Å². The summed E-state index contributed by atoms with van der Waals surface area (Å²) in [7, 11) is -3.70. The van der Waals surface area contributed by atoms with Gasteiger partial charge in [-0.05, 0) is 6.92 Å². The third kappa shape index (κ3) is 2.10. The molecule has 1 heterocycles. The lowest BCUT2D eigenvalue weighted by atomic mass is 10.4. The van der Waals surface area contributed by atoms with Crippen molar-refractivity contribution in [3.8, 4) is 6.07 Å². The summed E-state index contributed by atoms with van der Waals surface area (Å²) in [4.78, 5) is 0.00967. The summed E-state index contributed by atoms with van der Waals surface area (Å²) in [5.41, 5.74) is 0.461. The van der Waals surface area contributed by atoms with Gasteiger partial charge in [0.05, 0.1) is 30.9 Å². The zero-order chi connectivity index (χ0) is 10.8. The lowest BCUT2D eigenvalue weighted by molar-refractivity contribution is 0.591. The monoisotopic (exact) mass is 214 g/mol. The van der Waals surface area contributed by atoms with Gasteiger partial charge >= 0.3 is 0 Å². The number of primary sulfonamides is 1. The molecule has 0 spiro atoms. The Morgan fingerprint density at radius 1 is 1.71 bits per heavy atom. The zero-order valence-corrected chi connectivity index (χ0v) is 8.45. The van der Waals surface area contributed by atoms with E-state index in [9.17, 15) is 8.42 Å². The minimum absolute atomic E-state index is 0.00967. The van der Waals surface area contributed by atoms with Gasteiger partial charge in [-0.15, -0.1) is 0 Å². The Morgan fingerprint density at radius 2 is 2.36 bits per heavy atom. The number of rotatable bonds is 3. The number of nitrogens with zero attached hydrogens (tertiary/aromatic N) is 3. The van der Waals surface area contributed by atoms with Gasteiger partial charge in [-0.1, -0.05) is 0 Å². The average Bonchev–Trinajstić information content (AvgIpc) is 2.42. The van der Waals surface area contributed by atoms with Crippen LogP contribution in [-0.4, -0.2) is 18.2 Å². The number of nitriles is 1. The van der Waals surface area contributed by atoms with Crippen LogP contribution >= 0.6 is 0 Å². The Balaban J connectivity index is 3.05. The maximum Gasteiger partial charge on any atom is 0.241 e. The molecule has 1 rings (SSSR count). The molecule has 0 unspecified atom stereocenters. The molecular weight excluding hydrogens is 204 g/mol. The van der Waals surface area contributed by atoms with Crippen molar-refractivity contribution in [3.63, 3.8) is 0 Å². The fourth-order valence-electron chi connectivity index (χ4n) is 1.09. The van der Waals surface area contributed by atoms with E-state index >= 15 is 0 Å². The molecule has 0 aliphatic heterocycles. The lowest BCUT2D eigenvalue weighted by Crippen LogP contribution is -2.13. The molecule has 0 bridgehead atoms. The maximum absolute atomic E-state index is 11.0. The zero-order valence-electron chi connectivity index (χ0n) is 7.64. The van der Waals surface area contributed by atoms with E-state index < -0.39 is 10.0 Å². The molecule has 0 saturated heterocycles. The number of aryl methyl sites for hydroxylation is 1. The standard InChI is InChI=1S/C7H10N4O2S/c1-6-7(14(9,12)13)5-10-11(6)4-2-3-8/h5H,2,4H2,1H3,(H2,9,12,13). The van der Waals surface area contributed by atoms with Crippen LogP contribution in [0, 0.1) is 18.3 Å². The highest BCUT2D eigenvalue weighted by atomic mass is 32.2. The molecule has 2 N–H and O–H groups in total. The molecule has 6 nitrogen and oxygen atoms in total. The smallest absolute Gasteiger partial charge is 0.241 e. The summed E-state index contributed by atoms with van der Waals surface area (Å²) in [6, 6.07) is 1.95. The van der Waals surface area contributed by atoms with Crippen LogP contribution < -0.4 is 5.14 Å². The van der Waals surface area contributed by atoms with Crippen molar-refractivity contribution in [2.75, 3.05) is 0 Å². The van der Waals surface area contributed by atoms with Gasteiger partial charge in [0.2, 0.25) is 10.0 Å². The number of hydrogen-bond donors (Lipinski definition) is 1. The second kappa shape index (κ2) is 3.77. The number of hydrogen-bond acceptors (Lipinski definition) is 4. The SMILES string of the molecule is Cc1c(S(N)(=O)=O)cnn1CCC#N. The van der Waals surface area contributed by atoms with Gasteiger partial charge in [-0.2, -0.15) is 10.4 Å². The average molecular weight is 214 g/mol. The van der Waals surface area contributed by atoms with E-state index in [0.717, 1.165) is 0 Å². The molecule has 0 aromatic carbocycles. The summed E-state index contributed by atoms with van der Waals surface area (Å²) in [6.45, 7) is 1.97. The van der Waals surface area contributed by atoms with Gasteiger partial charge < -0.3 is 0 Å². The number of aromatic nitrogens is 2. The quantitative estimate of drug-likeness (QED) is 0.749. The van der Waals surface area contributed by atoms with Crippen LogP contribution in [0.2, 0.25) is 0 Å². The van der Waals surface area contributed by atoms with Crippen LogP contribution in [0.5, 0.6) is 0 Å². The Bertz CT molecular complexity index is 468. The molecule has 0 radical (unpaired) electrons. The molecule has 1 aromatic heterocycles. The first-order valence-electron chi connectivity index (χ1n) is 3.89. The molecule has 0 fully saturated rings. The summed E-state index contributed by atoms with van der Waals surface area (Å²) < 4.78 is 23.4. The van der Waals surface area contributed by atoms with Crippen LogP contribution in [0.1, 0.15) is 12.1 Å². The maximum atomic E-state index is 11.0. The van der Waals surface area contributed by atoms with Crippen molar-refractivity contribution < 1.29 is 8.42 Å². The summed E-state index contributed by atoms with van der Waals surface area (Å²) in [6.07, 6.45) is 1.48. The highest BCUT2D eigenvalue weighted by Crippen LogP contribution is 2.12. The molecule has 1 aromatic rings. The fraction of sp³-hybridized carbons (Fsp3) is 0.429. The van der Waals surface area contributed by atoms with Crippen molar-refractivity contribution in [1.82, 2.24) is 9.78 Å². The molecule has 0 aliphatic carbocycles. The van der Waals surface area contributed by atoms with E-state index in [4.69, 9.17) is 10.4 Å². The summed E-state index contributed by atoms with van der Waals surface area (Å²) >= 11 is 0. The van der Waals surface area contributed by atoms with Gasteiger partial charge in [0.1, 0.15) is 4.90 Å². The van der Waals surface area contributed by atoms with Crippen LogP contribution in [0.15, 0.2) is 11.1 Å². The normalized spacial score (nSPS) is 11.2. The molecule has 0 amide bonds. The predicted octanol–water partition coefficient (Wildman–Crippen LogP) is -0.247. The van der Waals surface area contributed by atoms with Crippen molar-refractivity contribution >= 4 is 10.0 Å². The molecule has 0 aliphatic rings. The largest absolute Gasteiger partial charge is 0.267 e. The first-order chi connectivity index (χ1) is 6.46. The van der Waals surface area contributed by atoms with E-state index in [1.165, 1.54) is 10.9 Å². The number of nitrogens with two attached hydrogens (primary N) is 1. The van der Waals surface area contributed by atoms with E-state index in [2.05, 4.69) is 5.10 Å². The minimum atomic E-state index is -3.70. The first-order valence-corrected chi connectivity index (χ1v) is 5.43. The Hall–Kier alpha value is -1.39.